The van der Waals surface area contributed by atoms with Crippen LogP contribution in [0.25, 0.3) is 0 Å². The van der Waals surface area contributed by atoms with E-state index in [9.17, 15) is 13.2 Å². The van der Waals surface area contributed by atoms with Crippen molar-refractivity contribution < 1.29 is 13.2 Å². The Morgan fingerprint density at radius 2 is 1.61 bits per heavy atom. The number of rotatable bonds is 9. The lowest BCUT2D eigenvalue weighted by Gasteiger charge is -2.26. The Labute approximate surface area is 186 Å². The molecule has 168 valence electrons. The molecule has 0 radical (unpaired) electrons. The van der Waals surface area contributed by atoms with Crippen LogP contribution < -0.4 is 5.32 Å². The van der Waals surface area contributed by atoms with E-state index in [-0.39, 0.29) is 10.8 Å². The maximum atomic E-state index is 12.9. The van der Waals surface area contributed by atoms with Crippen molar-refractivity contribution in [2.75, 3.05) is 26.2 Å². The Bertz CT molecular complexity index is 964. The zero-order chi connectivity index (χ0) is 22.3. The normalized spacial score (nSPS) is 15.2. The van der Waals surface area contributed by atoms with Crippen LogP contribution in [0.2, 0.25) is 0 Å². The van der Waals surface area contributed by atoms with Gasteiger partial charge in [0.1, 0.15) is 0 Å². The maximum absolute atomic E-state index is 12.9. The zero-order valence-electron chi connectivity index (χ0n) is 18.5. The molecule has 0 aliphatic carbocycles. The summed E-state index contributed by atoms with van der Waals surface area (Å²) in [5.74, 6) is -0.275. The van der Waals surface area contributed by atoms with Gasteiger partial charge in [-0.15, -0.1) is 0 Å². The number of piperidine rings is 1. The van der Waals surface area contributed by atoms with Gasteiger partial charge < -0.3 is 5.32 Å². The van der Waals surface area contributed by atoms with Crippen LogP contribution in [0.5, 0.6) is 0 Å². The molecule has 1 fully saturated rings. The zero-order valence-corrected chi connectivity index (χ0v) is 19.3. The van der Waals surface area contributed by atoms with Gasteiger partial charge in [-0.25, -0.2) is 8.42 Å². The molecule has 1 aliphatic rings. The highest BCUT2D eigenvalue weighted by molar-refractivity contribution is 7.89. The molecule has 3 rings (SSSR count). The van der Waals surface area contributed by atoms with Crippen LogP contribution in [0.1, 0.15) is 54.6 Å². The summed E-state index contributed by atoms with van der Waals surface area (Å²) in [6, 6.07) is 14.6. The molecule has 0 bridgehead atoms. The molecule has 0 atom stereocenters. The Morgan fingerprint density at radius 3 is 2.26 bits per heavy atom. The van der Waals surface area contributed by atoms with Gasteiger partial charge in [-0.2, -0.15) is 4.31 Å². The SMILES string of the molecule is CCN(CC)Cc1ccc(CNC(=O)c2cccc(S(=O)(=O)N3CCCCC3)c2)cc1. The van der Waals surface area contributed by atoms with Gasteiger partial charge in [-0.1, -0.05) is 50.6 Å². The van der Waals surface area contributed by atoms with Gasteiger partial charge in [-0.05, 0) is 55.3 Å². The Balaban J connectivity index is 1.61. The van der Waals surface area contributed by atoms with Gasteiger partial charge in [0.2, 0.25) is 10.0 Å². The highest BCUT2D eigenvalue weighted by atomic mass is 32.2. The van der Waals surface area contributed by atoms with Gasteiger partial charge in [0.05, 0.1) is 4.90 Å². The number of carbonyl (C=O) groups is 1. The van der Waals surface area contributed by atoms with Crippen molar-refractivity contribution in [1.29, 1.82) is 0 Å². The molecule has 2 aromatic rings. The molecule has 6 nitrogen and oxygen atoms in total. The number of nitrogens with one attached hydrogen (secondary N) is 1. The molecule has 0 spiro atoms. The van der Waals surface area contributed by atoms with Crippen molar-refractivity contribution in [2.45, 2.75) is 51.1 Å². The van der Waals surface area contributed by atoms with Crippen molar-refractivity contribution in [3.8, 4) is 0 Å². The van der Waals surface area contributed by atoms with Gasteiger partial charge in [0, 0.05) is 31.7 Å². The third kappa shape index (κ3) is 6.15. The van der Waals surface area contributed by atoms with E-state index in [1.165, 1.54) is 15.9 Å². The number of carbonyl (C=O) groups excluding carboxylic acids is 1. The highest BCUT2D eigenvalue weighted by Crippen LogP contribution is 2.21. The standard InChI is InChI=1S/C24H33N3O3S/c1-3-26(4-2)19-21-13-11-20(12-14-21)18-25-24(28)22-9-8-10-23(17-22)31(29,30)27-15-6-5-7-16-27/h8-14,17H,3-7,15-16,18-19H2,1-2H3,(H,25,28). The highest BCUT2D eigenvalue weighted by Gasteiger charge is 2.26. The molecule has 1 heterocycles. The van der Waals surface area contributed by atoms with E-state index >= 15 is 0 Å². The quantitative estimate of drug-likeness (QED) is 0.643. The predicted octanol–water partition coefficient (Wildman–Crippen LogP) is 3.63. The summed E-state index contributed by atoms with van der Waals surface area (Å²) < 4.78 is 27.3. The molecule has 1 N–H and O–H groups in total. The number of hydrogen-bond acceptors (Lipinski definition) is 4. The number of hydrogen-bond donors (Lipinski definition) is 1. The fourth-order valence-corrected chi connectivity index (χ4v) is 5.37. The maximum Gasteiger partial charge on any atom is 0.251 e. The van der Waals surface area contributed by atoms with Crippen LogP contribution in [0.3, 0.4) is 0 Å². The first-order valence-electron chi connectivity index (χ1n) is 11.1. The number of benzene rings is 2. The average Bonchev–Trinajstić information content (AvgIpc) is 2.82. The van der Waals surface area contributed by atoms with Gasteiger partial charge >= 0.3 is 0 Å². The summed E-state index contributed by atoms with van der Waals surface area (Å²) in [4.78, 5) is 15.2. The second-order valence-electron chi connectivity index (χ2n) is 7.95. The summed E-state index contributed by atoms with van der Waals surface area (Å²) in [7, 11) is -3.56. The van der Waals surface area contributed by atoms with Crippen LogP contribution in [0.15, 0.2) is 53.4 Å². The lowest BCUT2D eigenvalue weighted by atomic mass is 10.1. The molecule has 0 unspecified atom stereocenters. The van der Waals surface area contributed by atoms with E-state index in [1.807, 2.05) is 12.1 Å². The lowest BCUT2D eigenvalue weighted by molar-refractivity contribution is 0.0950. The summed E-state index contributed by atoms with van der Waals surface area (Å²) in [5.41, 5.74) is 2.61. The largest absolute Gasteiger partial charge is 0.348 e. The fourth-order valence-electron chi connectivity index (χ4n) is 3.80. The minimum Gasteiger partial charge on any atom is -0.348 e. The van der Waals surface area contributed by atoms with Gasteiger partial charge in [0.15, 0.2) is 0 Å². The monoisotopic (exact) mass is 443 g/mol. The molecule has 31 heavy (non-hydrogen) atoms. The van der Waals surface area contributed by atoms with Crippen LogP contribution in [0, 0.1) is 0 Å². The predicted molar refractivity (Wildman–Crippen MR) is 123 cm³/mol. The first kappa shape index (κ1) is 23.4. The Kier molecular flexibility index (Phi) is 8.23. The first-order chi connectivity index (χ1) is 14.9. The van der Waals surface area contributed by atoms with Gasteiger partial charge in [-0.3, -0.25) is 9.69 Å². The molecule has 0 saturated carbocycles. The number of amides is 1. The second kappa shape index (κ2) is 10.9. The molecule has 1 amide bonds. The van der Waals surface area contributed by atoms with Crippen molar-refractivity contribution >= 4 is 15.9 Å². The molecule has 2 aromatic carbocycles. The van der Waals surface area contributed by atoms with Crippen molar-refractivity contribution in [2.24, 2.45) is 0 Å². The topological polar surface area (TPSA) is 69.7 Å². The third-order valence-electron chi connectivity index (χ3n) is 5.83. The molecule has 7 heteroatoms. The van der Waals surface area contributed by atoms with Crippen molar-refractivity contribution in [1.82, 2.24) is 14.5 Å². The number of nitrogens with zero attached hydrogens (tertiary/aromatic N) is 2. The summed E-state index contributed by atoms with van der Waals surface area (Å²) in [5, 5.41) is 2.90. The van der Waals surface area contributed by atoms with E-state index in [2.05, 4.69) is 36.2 Å². The van der Waals surface area contributed by atoms with Crippen LogP contribution >= 0.6 is 0 Å². The molecule has 0 aromatic heterocycles. The van der Waals surface area contributed by atoms with E-state index < -0.39 is 10.0 Å². The second-order valence-corrected chi connectivity index (χ2v) is 9.89. The van der Waals surface area contributed by atoms with Crippen molar-refractivity contribution in [3.63, 3.8) is 0 Å². The number of sulfonamides is 1. The van der Waals surface area contributed by atoms with Crippen molar-refractivity contribution in [3.05, 3.63) is 65.2 Å². The molecular weight excluding hydrogens is 410 g/mol. The average molecular weight is 444 g/mol. The summed E-state index contributed by atoms with van der Waals surface area (Å²) in [6.07, 6.45) is 2.82. The lowest BCUT2D eigenvalue weighted by Crippen LogP contribution is -2.35. The smallest absolute Gasteiger partial charge is 0.251 e. The minimum absolute atomic E-state index is 0.183. The molecule has 1 saturated heterocycles. The molecule has 1 aliphatic heterocycles. The molecular formula is C24H33N3O3S. The Morgan fingerprint density at radius 1 is 0.968 bits per heavy atom. The van der Waals surface area contributed by atoms with Crippen LogP contribution in [0.4, 0.5) is 0 Å². The first-order valence-corrected chi connectivity index (χ1v) is 12.6. The van der Waals surface area contributed by atoms with E-state index in [0.29, 0.717) is 25.2 Å². The van der Waals surface area contributed by atoms with E-state index in [0.717, 1.165) is 44.5 Å². The fraction of sp³-hybridized carbons (Fsp3) is 0.458. The van der Waals surface area contributed by atoms with E-state index in [1.54, 1.807) is 18.2 Å². The van der Waals surface area contributed by atoms with Crippen LogP contribution in [-0.4, -0.2) is 49.7 Å². The van der Waals surface area contributed by atoms with E-state index in [4.69, 9.17) is 0 Å². The Hall–Kier alpha value is -2.22. The van der Waals surface area contributed by atoms with Gasteiger partial charge in [0.25, 0.3) is 5.91 Å². The third-order valence-corrected chi connectivity index (χ3v) is 7.72. The minimum atomic E-state index is -3.56. The summed E-state index contributed by atoms with van der Waals surface area (Å²) in [6.45, 7) is 8.74. The summed E-state index contributed by atoms with van der Waals surface area (Å²) >= 11 is 0. The van der Waals surface area contributed by atoms with Crippen LogP contribution in [-0.2, 0) is 23.1 Å².